The van der Waals surface area contributed by atoms with Crippen LogP contribution in [0.2, 0.25) is 0 Å². The van der Waals surface area contributed by atoms with Gasteiger partial charge in [-0.2, -0.15) is 0 Å². The van der Waals surface area contributed by atoms with Crippen LogP contribution in [0.25, 0.3) is 0 Å². The van der Waals surface area contributed by atoms with Crippen molar-refractivity contribution in [3.05, 3.63) is 49.6 Å². The fourth-order valence-electron chi connectivity index (χ4n) is 5.62. The zero-order valence-corrected chi connectivity index (χ0v) is 32.8. The molecule has 0 amide bonds. The minimum absolute atomic E-state index is 0.688. The highest BCUT2D eigenvalue weighted by molar-refractivity contribution is 4.81. The van der Waals surface area contributed by atoms with Crippen molar-refractivity contribution in [3.8, 4) is 0 Å². The molecule has 0 aromatic rings. The van der Waals surface area contributed by atoms with Crippen LogP contribution in [0.1, 0.15) is 154 Å². The topological polar surface area (TPSA) is 55.4 Å². The third-order valence-corrected chi connectivity index (χ3v) is 8.64. The third kappa shape index (κ3) is 46.7. The number of hydrogen-bond acceptors (Lipinski definition) is 6. The van der Waals surface area contributed by atoms with E-state index in [2.05, 4.69) is 37.5 Å². The van der Waals surface area contributed by atoms with E-state index in [4.69, 9.17) is 28.4 Å². The Morgan fingerprint density at radius 2 is 0.600 bits per heavy atom. The maximum atomic E-state index is 5.49. The molecule has 0 aromatic carbocycles. The molecule has 0 N–H and O–H groups in total. The van der Waals surface area contributed by atoms with E-state index in [-0.39, 0.29) is 0 Å². The maximum absolute atomic E-state index is 5.49. The van der Waals surface area contributed by atoms with Crippen LogP contribution in [0.5, 0.6) is 0 Å². The van der Waals surface area contributed by atoms with Crippen molar-refractivity contribution in [2.45, 2.75) is 154 Å². The summed E-state index contributed by atoms with van der Waals surface area (Å²) < 4.78 is 32.6. The molecule has 0 aliphatic carbocycles. The molecule has 0 fully saturated rings. The zero-order chi connectivity index (χ0) is 35.9. The minimum Gasteiger partial charge on any atom is -0.377 e. The van der Waals surface area contributed by atoms with Gasteiger partial charge in [0.25, 0.3) is 0 Å². The van der Waals surface area contributed by atoms with Gasteiger partial charge in [0.15, 0.2) is 0 Å². The summed E-state index contributed by atoms with van der Waals surface area (Å²) in [6, 6.07) is 0. The summed E-state index contributed by atoms with van der Waals surface area (Å²) in [5.41, 5.74) is 0. The molecule has 50 heavy (non-hydrogen) atoms. The molecule has 0 spiro atoms. The average Bonchev–Trinajstić information content (AvgIpc) is 3.12. The SMILES string of the molecule is C1=CCOCCCCCCCCCCOC1.C1=CCOCCCCCCCCCCOC1.C=CCOCCCCCCCCCCOCC=C. The molecule has 0 atom stereocenters. The van der Waals surface area contributed by atoms with E-state index in [1.54, 1.807) is 12.2 Å². The van der Waals surface area contributed by atoms with Gasteiger partial charge in [-0.05, 0) is 38.5 Å². The molecular weight excluding hydrogens is 624 g/mol. The lowest BCUT2D eigenvalue weighted by atomic mass is 10.1. The first-order valence-corrected chi connectivity index (χ1v) is 20.9. The molecule has 294 valence electrons. The largest absolute Gasteiger partial charge is 0.377 e. The average molecular weight is 707 g/mol. The van der Waals surface area contributed by atoms with Crippen molar-refractivity contribution in [1.82, 2.24) is 0 Å². The highest BCUT2D eigenvalue weighted by Gasteiger charge is 1.96. The van der Waals surface area contributed by atoms with Gasteiger partial charge in [0.1, 0.15) is 0 Å². The summed E-state index contributed by atoms with van der Waals surface area (Å²) in [5, 5.41) is 0. The van der Waals surface area contributed by atoms with E-state index in [0.29, 0.717) is 13.2 Å². The molecule has 0 saturated carbocycles. The first-order valence-electron chi connectivity index (χ1n) is 20.9. The van der Waals surface area contributed by atoms with Crippen LogP contribution in [0, 0.1) is 0 Å². The Hall–Kier alpha value is -1.28. The predicted octanol–water partition coefficient (Wildman–Crippen LogP) is 11.9. The predicted molar refractivity (Wildman–Crippen MR) is 214 cm³/mol. The minimum atomic E-state index is 0.688. The summed E-state index contributed by atoms with van der Waals surface area (Å²) in [6.45, 7) is 17.0. The van der Waals surface area contributed by atoms with Crippen molar-refractivity contribution >= 4 is 0 Å². The van der Waals surface area contributed by atoms with Gasteiger partial charge >= 0.3 is 0 Å². The number of hydrogen-bond donors (Lipinski definition) is 0. The van der Waals surface area contributed by atoms with E-state index < -0.39 is 0 Å². The summed E-state index contributed by atoms with van der Waals surface area (Å²) in [4.78, 5) is 0. The lowest BCUT2D eigenvalue weighted by Crippen LogP contribution is -1.97. The second-order valence-corrected chi connectivity index (χ2v) is 13.5. The van der Waals surface area contributed by atoms with Gasteiger partial charge in [0.05, 0.1) is 39.6 Å². The van der Waals surface area contributed by atoms with E-state index in [9.17, 15) is 0 Å². The Morgan fingerprint density at radius 3 is 0.860 bits per heavy atom. The highest BCUT2D eigenvalue weighted by atomic mass is 16.5. The molecule has 2 rings (SSSR count). The molecule has 0 unspecified atom stereocenters. The van der Waals surface area contributed by atoms with E-state index in [1.807, 2.05) is 0 Å². The van der Waals surface area contributed by atoms with Gasteiger partial charge in [0.2, 0.25) is 0 Å². The fourth-order valence-corrected chi connectivity index (χ4v) is 5.62. The standard InChI is InChI=1S/C16H30O2.2C14H26O2/c1-3-13-17-15-11-9-7-5-6-8-10-12-16-18-14-4-2;2*1-2-4-6-8-12-16-14-10-9-13-15-11-7-5-3-1/h3-4H,1-2,5-16H2;2*9-10H,1-8,11-14H2. The summed E-state index contributed by atoms with van der Waals surface area (Å²) in [6.07, 6.45) is 43.4. The first-order chi connectivity index (χ1) is 24.9. The molecule has 0 bridgehead atoms. The fraction of sp³-hybridized carbons (Fsp3) is 0.818. The Morgan fingerprint density at radius 1 is 0.360 bits per heavy atom. The van der Waals surface area contributed by atoms with Crippen molar-refractivity contribution in [3.63, 3.8) is 0 Å². The van der Waals surface area contributed by atoms with Crippen molar-refractivity contribution in [2.24, 2.45) is 0 Å². The van der Waals surface area contributed by atoms with Crippen LogP contribution in [-0.4, -0.2) is 79.3 Å². The lowest BCUT2D eigenvalue weighted by molar-refractivity contribution is 0.148. The molecule has 0 aromatic heterocycles. The Labute approximate surface area is 310 Å². The van der Waals surface area contributed by atoms with Gasteiger partial charge in [-0.25, -0.2) is 0 Å². The Kier molecular flexibility index (Phi) is 46.5. The normalized spacial score (nSPS) is 18.5. The van der Waals surface area contributed by atoms with Crippen LogP contribution in [-0.2, 0) is 28.4 Å². The monoisotopic (exact) mass is 707 g/mol. The van der Waals surface area contributed by atoms with Gasteiger partial charge in [0, 0.05) is 39.6 Å². The molecule has 6 heteroatoms. The molecule has 2 aliphatic rings. The molecule has 2 aliphatic heterocycles. The lowest BCUT2D eigenvalue weighted by Gasteiger charge is -2.05. The quantitative estimate of drug-likeness (QED) is 0.125. The van der Waals surface area contributed by atoms with Gasteiger partial charge < -0.3 is 28.4 Å². The van der Waals surface area contributed by atoms with Crippen LogP contribution < -0.4 is 0 Å². The number of rotatable bonds is 15. The Balaban J connectivity index is 0.000000721. The van der Waals surface area contributed by atoms with Crippen LogP contribution in [0.15, 0.2) is 49.6 Å². The summed E-state index contributed by atoms with van der Waals surface area (Å²) >= 11 is 0. The molecule has 0 radical (unpaired) electrons. The zero-order valence-electron chi connectivity index (χ0n) is 32.8. The van der Waals surface area contributed by atoms with Crippen molar-refractivity contribution in [1.29, 1.82) is 0 Å². The molecule has 2 heterocycles. The van der Waals surface area contributed by atoms with Crippen LogP contribution >= 0.6 is 0 Å². The van der Waals surface area contributed by atoms with E-state index in [0.717, 1.165) is 66.1 Å². The molecular formula is C44H82O6. The molecule has 0 saturated heterocycles. The second-order valence-electron chi connectivity index (χ2n) is 13.5. The number of unbranched alkanes of at least 4 members (excludes halogenated alkanes) is 7. The maximum Gasteiger partial charge on any atom is 0.0648 e. The van der Waals surface area contributed by atoms with Crippen LogP contribution in [0.4, 0.5) is 0 Å². The second kappa shape index (κ2) is 47.7. The van der Waals surface area contributed by atoms with Gasteiger partial charge in [-0.1, -0.05) is 152 Å². The Bertz CT molecular complexity index is 600. The van der Waals surface area contributed by atoms with E-state index >= 15 is 0 Å². The van der Waals surface area contributed by atoms with Crippen molar-refractivity contribution in [2.75, 3.05) is 79.3 Å². The summed E-state index contributed by atoms with van der Waals surface area (Å²) in [7, 11) is 0. The van der Waals surface area contributed by atoms with Gasteiger partial charge in [-0.15, -0.1) is 13.2 Å². The van der Waals surface area contributed by atoms with Crippen LogP contribution in [0.3, 0.4) is 0 Å². The smallest absolute Gasteiger partial charge is 0.0648 e. The molecule has 6 nitrogen and oxygen atoms in total. The van der Waals surface area contributed by atoms with Gasteiger partial charge in [-0.3, -0.25) is 0 Å². The third-order valence-electron chi connectivity index (χ3n) is 8.64. The number of ether oxygens (including phenoxy) is 6. The first kappa shape index (κ1) is 48.7. The van der Waals surface area contributed by atoms with Crippen molar-refractivity contribution < 1.29 is 28.4 Å². The van der Waals surface area contributed by atoms with E-state index in [1.165, 1.54) is 154 Å². The summed E-state index contributed by atoms with van der Waals surface area (Å²) in [5.74, 6) is 0. The highest BCUT2D eigenvalue weighted by Crippen LogP contribution is 2.11.